The number of nitrogens with zero attached hydrogens (tertiary/aromatic N) is 3. The predicted molar refractivity (Wildman–Crippen MR) is 157 cm³/mol. The number of rotatable bonds is 8. The van der Waals surface area contributed by atoms with Gasteiger partial charge in [-0.3, -0.25) is 4.79 Å². The summed E-state index contributed by atoms with van der Waals surface area (Å²) in [6.45, 7) is 1.73. The lowest BCUT2D eigenvalue weighted by molar-refractivity contribution is -0.142. The van der Waals surface area contributed by atoms with Crippen LogP contribution < -0.4 is 15.0 Å². The molecular weight excluding hydrogens is 625 g/mol. The molecule has 9 nitrogen and oxygen atoms in total. The standard InChI is InChI=1S/C28H20BrCl2N3O6/c1-3-38-21-12-16(24(29)25(31)26(21)39-14-23(35)37-2)13-32-34-27(33-19-7-5-4-6-18(19)28(34)36)22-11-15-10-17(30)8-9-20(15)40-22/h4-13H,3,14H2,1-2H3. The van der Waals surface area contributed by atoms with Crippen LogP contribution in [0.15, 0.2) is 73.4 Å². The molecule has 0 atom stereocenters. The maximum absolute atomic E-state index is 13.6. The minimum Gasteiger partial charge on any atom is -0.490 e. The van der Waals surface area contributed by atoms with E-state index in [1.165, 1.54) is 13.3 Å². The predicted octanol–water partition coefficient (Wildman–Crippen LogP) is 6.71. The van der Waals surface area contributed by atoms with E-state index >= 15 is 0 Å². The largest absolute Gasteiger partial charge is 0.490 e. The molecule has 0 N–H and O–H groups in total. The van der Waals surface area contributed by atoms with Crippen molar-refractivity contribution in [2.75, 3.05) is 20.3 Å². The normalized spacial score (nSPS) is 11.4. The molecule has 12 heteroatoms. The van der Waals surface area contributed by atoms with Crippen molar-refractivity contribution < 1.29 is 23.4 Å². The van der Waals surface area contributed by atoms with Gasteiger partial charge in [-0.05, 0) is 65.3 Å². The highest BCUT2D eigenvalue weighted by Gasteiger charge is 2.20. The summed E-state index contributed by atoms with van der Waals surface area (Å²) in [6, 6.07) is 15.5. The van der Waals surface area contributed by atoms with Gasteiger partial charge in [0.1, 0.15) is 10.6 Å². The molecule has 0 aliphatic carbocycles. The number of carbonyl (C=O) groups excluding carboxylic acids is 1. The first kappa shape index (κ1) is 27.7. The molecule has 0 saturated carbocycles. The molecule has 0 radical (unpaired) electrons. The van der Waals surface area contributed by atoms with Crippen LogP contribution in [-0.2, 0) is 9.53 Å². The first-order chi connectivity index (χ1) is 19.3. The van der Waals surface area contributed by atoms with Gasteiger partial charge in [-0.15, -0.1) is 0 Å². The summed E-state index contributed by atoms with van der Waals surface area (Å²) < 4.78 is 23.5. The third-order valence-corrected chi connectivity index (χ3v) is 7.46. The van der Waals surface area contributed by atoms with E-state index in [0.29, 0.717) is 43.9 Å². The molecule has 5 aromatic rings. The van der Waals surface area contributed by atoms with Gasteiger partial charge in [-0.25, -0.2) is 9.78 Å². The molecule has 0 aliphatic rings. The molecule has 2 aromatic heterocycles. The maximum atomic E-state index is 13.6. The third-order valence-electron chi connectivity index (χ3n) is 5.78. The fourth-order valence-electron chi connectivity index (χ4n) is 3.92. The molecule has 2 heterocycles. The number of para-hydroxylation sites is 1. The maximum Gasteiger partial charge on any atom is 0.343 e. The topological polar surface area (TPSA) is 105 Å². The molecular formula is C28H20BrCl2N3O6. The van der Waals surface area contributed by atoms with Crippen LogP contribution >= 0.6 is 39.1 Å². The second kappa shape index (κ2) is 11.7. The summed E-state index contributed by atoms with van der Waals surface area (Å²) in [4.78, 5) is 29.9. The summed E-state index contributed by atoms with van der Waals surface area (Å²) in [7, 11) is 1.25. The quantitative estimate of drug-likeness (QED) is 0.137. The zero-order valence-corrected chi connectivity index (χ0v) is 24.2. The van der Waals surface area contributed by atoms with E-state index in [2.05, 4.69) is 30.8 Å². The van der Waals surface area contributed by atoms with Crippen molar-refractivity contribution in [1.82, 2.24) is 9.66 Å². The van der Waals surface area contributed by atoms with Crippen molar-refractivity contribution in [3.63, 3.8) is 0 Å². The Morgan fingerprint density at radius 2 is 1.95 bits per heavy atom. The number of ether oxygens (including phenoxy) is 3. The van der Waals surface area contributed by atoms with Gasteiger partial charge in [0.2, 0.25) is 5.82 Å². The van der Waals surface area contributed by atoms with E-state index in [-0.39, 0.29) is 29.0 Å². The van der Waals surface area contributed by atoms with Crippen LogP contribution in [0, 0.1) is 0 Å². The van der Waals surface area contributed by atoms with Gasteiger partial charge in [-0.1, -0.05) is 35.3 Å². The van der Waals surface area contributed by atoms with Crippen molar-refractivity contribution in [3.8, 4) is 23.1 Å². The van der Waals surface area contributed by atoms with Crippen LogP contribution in [0.4, 0.5) is 0 Å². The highest BCUT2D eigenvalue weighted by molar-refractivity contribution is 9.10. The third kappa shape index (κ3) is 5.42. The summed E-state index contributed by atoms with van der Waals surface area (Å²) in [6.07, 6.45) is 1.43. The Kier molecular flexibility index (Phi) is 8.11. The average molecular weight is 645 g/mol. The Hall–Kier alpha value is -3.86. The van der Waals surface area contributed by atoms with Crippen LogP contribution in [0.2, 0.25) is 10.0 Å². The number of hydrogen-bond acceptors (Lipinski definition) is 8. The zero-order chi connectivity index (χ0) is 28.4. The lowest BCUT2D eigenvalue weighted by atomic mass is 10.2. The van der Waals surface area contributed by atoms with Gasteiger partial charge in [0.25, 0.3) is 5.56 Å². The zero-order valence-electron chi connectivity index (χ0n) is 21.1. The van der Waals surface area contributed by atoms with E-state index in [4.69, 9.17) is 37.1 Å². The van der Waals surface area contributed by atoms with Crippen LogP contribution in [-0.4, -0.2) is 42.2 Å². The fourth-order valence-corrected chi connectivity index (χ4v) is 4.75. The Labute approximate surface area is 246 Å². The fraction of sp³-hybridized carbons (Fsp3) is 0.143. The number of furan rings is 1. The SMILES string of the molecule is CCOc1cc(C=Nn2c(-c3cc4cc(Cl)ccc4o3)nc3ccccc3c2=O)c(Br)c(Cl)c1OCC(=O)OC. The van der Waals surface area contributed by atoms with Gasteiger partial charge in [-0.2, -0.15) is 9.78 Å². The Morgan fingerprint density at radius 1 is 1.15 bits per heavy atom. The van der Waals surface area contributed by atoms with Crippen LogP contribution in [0.3, 0.4) is 0 Å². The average Bonchev–Trinajstić information content (AvgIpc) is 3.37. The van der Waals surface area contributed by atoms with E-state index in [1.54, 1.807) is 61.5 Å². The van der Waals surface area contributed by atoms with Gasteiger partial charge < -0.3 is 18.6 Å². The minimum absolute atomic E-state index is 0.148. The first-order valence-corrected chi connectivity index (χ1v) is 13.5. The number of halogens is 3. The van der Waals surface area contributed by atoms with E-state index in [0.717, 1.165) is 10.1 Å². The molecule has 5 rings (SSSR count). The molecule has 0 amide bonds. The van der Waals surface area contributed by atoms with Crippen LogP contribution in [0.5, 0.6) is 11.5 Å². The molecule has 0 aliphatic heterocycles. The molecule has 0 saturated heterocycles. The van der Waals surface area contributed by atoms with Crippen molar-refractivity contribution in [2.45, 2.75) is 6.92 Å². The summed E-state index contributed by atoms with van der Waals surface area (Å²) in [5.74, 6) is 0.376. The van der Waals surface area contributed by atoms with Crippen molar-refractivity contribution in [2.24, 2.45) is 5.10 Å². The molecule has 0 unspecified atom stereocenters. The van der Waals surface area contributed by atoms with Gasteiger partial charge in [0.15, 0.2) is 23.9 Å². The van der Waals surface area contributed by atoms with Gasteiger partial charge >= 0.3 is 5.97 Å². The van der Waals surface area contributed by atoms with E-state index in [9.17, 15) is 9.59 Å². The number of aromatic nitrogens is 2. The smallest absolute Gasteiger partial charge is 0.343 e. The van der Waals surface area contributed by atoms with Crippen molar-refractivity contribution in [1.29, 1.82) is 0 Å². The Balaban J connectivity index is 1.64. The summed E-state index contributed by atoms with van der Waals surface area (Å²) >= 11 is 16.2. The summed E-state index contributed by atoms with van der Waals surface area (Å²) in [5.41, 5.74) is 1.14. The van der Waals surface area contributed by atoms with Crippen LogP contribution in [0.25, 0.3) is 33.5 Å². The highest BCUT2D eigenvalue weighted by Crippen LogP contribution is 2.42. The Bertz CT molecular complexity index is 1850. The van der Waals surface area contributed by atoms with E-state index in [1.807, 2.05) is 0 Å². The number of hydrogen-bond donors (Lipinski definition) is 0. The lowest BCUT2D eigenvalue weighted by Crippen LogP contribution is -2.20. The number of carbonyl (C=O) groups is 1. The van der Waals surface area contributed by atoms with E-state index < -0.39 is 11.5 Å². The minimum atomic E-state index is -0.580. The number of esters is 1. The molecule has 40 heavy (non-hydrogen) atoms. The summed E-state index contributed by atoms with van der Waals surface area (Å²) in [5, 5.41) is 6.30. The first-order valence-electron chi connectivity index (χ1n) is 11.9. The monoisotopic (exact) mass is 643 g/mol. The molecule has 0 fully saturated rings. The van der Waals surface area contributed by atoms with Crippen LogP contribution in [0.1, 0.15) is 12.5 Å². The van der Waals surface area contributed by atoms with Gasteiger partial charge in [0.05, 0.1) is 30.8 Å². The van der Waals surface area contributed by atoms with Gasteiger partial charge in [0, 0.05) is 20.4 Å². The molecule has 0 bridgehead atoms. The highest BCUT2D eigenvalue weighted by atomic mass is 79.9. The lowest BCUT2D eigenvalue weighted by Gasteiger charge is -2.15. The second-order valence-electron chi connectivity index (χ2n) is 8.33. The molecule has 204 valence electrons. The number of fused-ring (bicyclic) bond motifs is 2. The second-order valence-corrected chi connectivity index (χ2v) is 9.93. The van der Waals surface area contributed by atoms with Crippen molar-refractivity contribution >= 4 is 73.2 Å². The molecule has 0 spiro atoms. The van der Waals surface area contributed by atoms with Crippen molar-refractivity contribution in [3.05, 3.63) is 85.0 Å². The Morgan fingerprint density at radius 3 is 2.73 bits per heavy atom. The molecule has 3 aromatic carbocycles. The number of methoxy groups -OCH3 is 1. The number of benzene rings is 3.